The Kier molecular flexibility index (Phi) is 6.95. The van der Waals surface area contributed by atoms with Crippen LogP contribution in [0.1, 0.15) is 58.8 Å². The van der Waals surface area contributed by atoms with Gasteiger partial charge in [-0.2, -0.15) is 0 Å². The summed E-state index contributed by atoms with van der Waals surface area (Å²) in [5.74, 6) is 0.00741. The van der Waals surface area contributed by atoms with Crippen LogP contribution in [-0.4, -0.2) is 38.1 Å². The van der Waals surface area contributed by atoms with Crippen LogP contribution in [0.15, 0.2) is 24.3 Å². The number of sulfonamides is 1. The highest BCUT2D eigenvalue weighted by molar-refractivity contribution is 7.90. The summed E-state index contributed by atoms with van der Waals surface area (Å²) < 4.78 is 26.8. The van der Waals surface area contributed by atoms with Gasteiger partial charge in [0.25, 0.3) is 0 Å². The van der Waals surface area contributed by atoms with Crippen molar-refractivity contribution >= 4 is 33.2 Å². The third kappa shape index (κ3) is 5.57. The quantitative estimate of drug-likeness (QED) is 0.738. The summed E-state index contributed by atoms with van der Waals surface area (Å²) in [4.78, 5) is 26.4. The zero-order valence-corrected chi connectivity index (χ0v) is 18.0. The molecular formula is C21H31N3O4S. The van der Waals surface area contributed by atoms with Gasteiger partial charge >= 0.3 is 0 Å². The highest BCUT2D eigenvalue weighted by Gasteiger charge is 2.29. The molecule has 1 saturated carbocycles. The maximum Gasteiger partial charge on any atom is 0.227 e. The van der Waals surface area contributed by atoms with E-state index < -0.39 is 15.3 Å². The number of carbonyl (C=O) groups is 2. The van der Waals surface area contributed by atoms with Crippen LogP contribution in [0.5, 0.6) is 0 Å². The fourth-order valence-electron chi connectivity index (χ4n) is 3.89. The predicted octanol–water partition coefficient (Wildman–Crippen LogP) is 3.03. The highest BCUT2D eigenvalue weighted by Crippen LogP contribution is 2.27. The lowest BCUT2D eigenvalue weighted by atomic mass is 9.86. The Morgan fingerprint density at radius 3 is 2.31 bits per heavy atom. The molecule has 2 fully saturated rings. The second kappa shape index (κ2) is 9.26. The van der Waals surface area contributed by atoms with E-state index in [1.165, 1.54) is 0 Å². The summed E-state index contributed by atoms with van der Waals surface area (Å²) in [6.07, 6.45) is 5.22. The summed E-state index contributed by atoms with van der Waals surface area (Å²) in [6, 6.07) is 7.31. The molecule has 1 saturated heterocycles. The molecule has 2 aliphatic rings. The van der Waals surface area contributed by atoms with Crippen LogP contribution in [0.2, 0.25) is 0 Å². The Bertz CT molecular complexity index is 828. The van der Waals surface area contributed by atoms with Crippen molar-refractivity contribution in [1.29, 1.82) is 0 Å². The van der Waals surface area contributed by atoms with Crippen LogP contribution in [0.3, 0.4) is 0 Å². The lowest BCUT2D eigenvalue weighted by Crippen LogP contribution is -2.42. The van der Waals surface area contributed by atoms with E-state index in [-0.39, 0.29) is 23.8 Å². The van der Waals surface area contributed by atoms with Gasteiger partial charge in [-0.1, -0.05) is 0 Å². The molecular weight excluding hydrogens is 390 g/mol. The van der Waals surface area contributed by atoms with Gasteiger partial charge in [0.15, 0.2) is 0 Å². The molecule has 7 nitrogen and oxygen atoms in total. The number of carbonyl (C=O) groups excluding carboxylic acids is 2. The van der Waals surface area contributed by atoms with E-state index in [1.54, 1.807) is 18.7 Å². The van der Waals surface area contributed by atoms with E-state index in [0.717, 1.165) is 25.1 Å². The van der Waals surface area contributed by atoms with Crippen molar-refractivity contribution in [3.63, 3.8) is 0 Å². The first kappa shape index (κ1) is 21.8. The van der Waals surface area contributed by atoms with Crippen LogP contribution in [0.4, 0.5) is 11.4 Å². The summed E-state index contributed by atoms with van der Waals surface area (Å²) in [5.41, 5.74) is 1.58. The van der Waals surface area contributed by atoms with Crippen molar-refractivity contribution in [2.75, 3.05) is 16.8 Å². The SMILES string of the molecule is CC(C)S(=O)(=O)NC1CCC(C(=O)Nc2ccc(N3CCCCC3=O)cc2)CC1. The average molecular weight is 422 g/mol. The number of nitrogens with zero attached hydrogens (tertiary/aromatic N) is 1. The Morgan fingerprint density at radius 1 is 1.07 bits per heavy atom. The fourth-order valence-corrected chi connectivity index (χ4v) is 4.86. The first-order valence-electron chi connectivity index (χ1n) is 10.5. The van der Waals surface area contributed by atoms with Gasteiger partial charge in [-0.05, 0) is 76.6 Å². The van der Waals surface area contributed by atoms with Gasteiger partial charge in [-0.25, -0.2) is 13.1 Å². The molecule has 0 atom stereocenters. The second-order valence-corrected chi connectivity index (χ2v) is 10.6. The largest absolute Gasteiger partial charge is 0.326 e. The minimum absolute atomic E-state index is 0.0306. The van der Waals surface area contributed by atoms with Gasteiger partial charge in [-0.3, -0.25) is 9.59 Å². The van der Waals surface area contributed by atoms with E-state index in [9.17, 15) is 18.0 Å². The summed E-state index contributed by atoms with van der Waals surface area (Å²) in [5, 5.41) is 2.50. The monoisotopic (exact) mass is 421 g/mol. The Balaban J connectivity index is 1.50. The van der Waals surface area contributed by atoms with E-state index >= 15 is 0 Å². The smallest absolute Gasteiger partial charge is 0.227 e. The first-order valence-corrected chi connectivity index (χ1v) is 12.0. The summed E-state index contributed by atoms with van der Waals surface area (Å²) in [7, 11) is -3.28. The molecule has 8 heteroatoms. The molecule has 29 heavy (non-hydrogen) atoms. The predicted molar refractivity (Wildman–Crippen MR) is 114 cm³/mol. The number of hydrogen-bond acceptors (Lipinski definition) is 4. The number of anilines is 2. The standard InChI is InChI=1S/C21H31N3O4S/c1-15(2)29(27,28)23-18-8-6-16(7-9-18)21(26)22-17-10-12-19(13-11-17)24-14-4-3-5-20(24)25/h10-13,15-16,18,23H,3-9,14H2,1-2H3,(H,22,26). The average Bonchev–Trinajstić information content (AvgIpc) is 2.69. The zero-order valence-electron chi connectivity index (χ0n) is 17.2. The normalized spacial score (nSPS) is 23.3. The number of hydrogen-bond donors (Lipinski definition) is 2. The number of nitrogens with one attached hydrogen (secondary N) is 2. The minimum atomic E-state index is -3.28. The van der Waals surface area contributed by atoms with Gasteiger partial charge in [-0.15, -0.1) is 0 Å². The lowest BCUT2D eigenvalue weighted by Gasteiger charge is -2.29. The molecule has 1 aliphatic heterocycles. The molecule has 2 amide bonds. The van der Waals surface area contributed by atoms with Crippen molar-refractivity contribution in [3.05, 3.63) is 24.3 Å². The van der Waals surface area contributed by atoms with Crippen molar-refractivity contribution < 1.29 is 18.0 Å². The van der Waals surface area contributed by atoms with Crippen molar-refractivity contribution in [3.8, 4) is 0 Å². The van der Waals surface area contributed by atoms with E-state index in [2.05, 4.69) is 10.0 Å². The number of rotatable bonds is 6. The number of piperidine rings is 1. The third-order valence-electron chi connectivity index (χ3n) is 5.82. The molecule has 1 aromatic rings. The Labute approximate surface area is 173 Å². The Hall–Kier alpha value is -1.93. The van der Waals surface area contributed by atoms with Crippen LogP contribution in [0.25, 0.3) is 0 Å². The van der Waals surface area contributed by atoms with Crippen molar-refractivity contribution in [2.24, 2.45) is 5.92 Å². The molecule has 0 spiro atoms. The molecule has 0 bridgehead atoms. The zero-order chi connectivity index (χ0) is 21.0. The van der Waals surface area contributed by atoms with E-state index in [4.69, 9.17) is 0 Å². The van der Waals surface area contributed by atoms with Gasteiger partial charge < -0.3 is 10.2 Å². The molecule has 1 aromatic carbocycles. The summed E-state index contributed by atoms with van der Waals surface area (Å²) in [6.45, 7) is 4.07. The lowest BCUT2D eigenvalue weighted by molar-refractivity contribution is -0.121. The molecule has 3 rings (SSSR count). The number of benzene rings is 1. The van der Waals surface area contributed by atoms with Crippen LogP contribution in [0, 0.1) is 5.92 Å². The maximum absolute atomic E-state index is 12.6. The second-order valence-electron chi connectivity index (χ2n) is 8.30. The molecule has 2 N–H and O–H groups in total. The van der Waals surface area contributed by atoms with Gasteiger partial charge in [0.1, 0.15) is 0 Å². The van der Waals surface area contributed by atoms with Gasteiger partial charge in [0.05, 0.1) is 5.25 Å². The van der Waals surface area contributed by atoms with Crippen molar-refractivity contribution in [1.82, 2.24) is 4.72 Å². The fraction of sp³-hybridized carbons (Fsp3) is 0.619. The van der Waals surface area contributed by atoms with Crippen LogP contribution < -0.4 is 14.9 Å². The minimum Gasteiger partial charge on any atom is -0.326 e. The van der Waals surface area contributed by atoms with Crippen LogP contribution >= 0.6 is 0 Å². The molecule has 1 aliphatic carbocycles. The summed E-state index contributed by atoms with van der Waals surface area (Å²) >= 11 is 0. The molecule has 0 aromatic heterocycles. The van der Waals surface area contributed by atoms with Gasteiger partial charge in [0.2, 0.25) is 21.8 Å². The third-order valence-corrected chi connectivity index (χ3v) is 7.72. The van der Waals surface area contributed by atoms with E-state index in [1.807, 2.05) is 24.3 Å². The molecule has 1 heterocycles. The number of amides is 2. The molecule has 0 radical (unpaired) electrons. The highest BCUT2D eigenvalue weighted by atomic mass is 32.2. The first-order chi connectivity index (χ1) is 13.8. The molecule has 0 unspecified atom stereocenters. The Morgan fingerprint density at radius 2 is 1.72 bits per heavy atom. The van der Waals surface area contributed by atoms with E-state index in [0.29, 0.717) is 37.8 Å². The van der Waals surface area contributed by atoms with Crippen LogP contribution in [-0.2, 0) is 19.6 Å². The maximum atomic E-state index is 12.6. The molecule has 160 valence electrons. The van der Waals surface area contributed by atoms with Gasteiger partial charge in [0, 0.05) is 36.3 Å². The topological polar surface area (TPSA) is 95.6 Å². The van der Waals surface area contributed by atoms with Crippen molar-refractivity contribution in [2.45, 2.75) is 70.1 Å².